The van der Waals surface area contributed by atoms with E-state index in [0.29, 0.717) is 53.9 Å². The molecule has 6 rings (SSSR count). The quantitative estimate of drug-likeness (QED) is 0.344. The molecular weight excluding hydrogens is 554 g/mol. The van der Waals surface area contributed by atoms with Gasteiger partial charge in [-0.25, -0.2) is 18.4 Å². The van der Waals surface area contributed by atoms with Gasteiger partial charge in [-0.2, -0.15) is 0 Å². The molecule has 3 aromatic heterocycles. The lowest BCUT2D eigenvalue weighted by atomic mass is 10.0. The average Bonchev–Trinajstić information content (AvgIpc) is 3.35. The fraction of sp³-hybridized carbons (Fsp3) is 0.500. The summed E-state index contributed by atoms with van der Waals surface area (Å²) in [5.41, 5.74) is 1.56. The van der Waals surface area contributed by atoms with Crippen molar-refractivity contribution in [3.05, 3.63) is 47.6 Å². The van der Waals surface area contributed by atoms with Gasteiger partial charge in [0.2, 0.25) is 15.9 Å². The van der Waals surface area contributed by atoms with Crippen LogP contribution in [0.25, 0.3) is 10.6 Å². The maximum atomic E-state index is 13.5. The lowest BCUT2D eigenvalue weighted by Gasteiger charge is -2.37. The minimum absolute atomic E-state index is 0.126. The third-order valence-electron chi connectivity index (χ3n) is 7.41. The molecule has 40 heavy (non-hydrogen) atoms. The highest BCUT2D eigenvalue weighted by Crippen LogP contribution is 2.35. The van der Waals surface area contributed by atoms with Gasteiger partial charge in [0.25, 0.3) is 5.91 Å². The monoisotopic (exact) mass is 585 g/mol. The summed E-state index contributed by atoms with van der Waals surface area (Å²) in [7, 11) is -3.44. The number of pyridine rings is 1. The molecule has 2 N–H and O–H groups in total. The van der Waals surface area contributed by atoms with Crippen molar-refractivity contribution in [2.45, 2.75) is 62.6 Å². The highest BCUT2D eigenvalue weighted by Gasteiger charge is 2.44. The Morgan fingerprint density at radius 2 is 2.12 bits per heavy atom. The van der Waals surface area contributed by atoms with E-state index in [1.54, 1.807) is 30.7 Å². The number of carbonyl (C=O) groups excluding carboxylic acids is 1. The van der Waals surface area contributed by atoms with Crippen LogP contribution in [-0.2, 0) is 14.8 Å². The van der Waals surface area contributed by atoms with Crippen LogP contribution in [0.4, 0.5) is 5.69 Å². The third kappa shape index (κ3) is 5.66. The second-order valence-electron chi connectivity index (χ2n) is 10.3. The fourth-order valence-corrected chi connectivity index (χ4v) is 7.41. The van der Waals surface area contributed by atoms with Gasteiger partial charge in [0.15, 0.2) is 5.01 Å². The highest BCUT2D eigenvalue weighted by molar-refractivity contribution is 7.93. The van der Waals surface area contributed by atoms with Gasteiger partial charge in [0.1, 0.15) is 5.69 Å². The van der Waals surface area contributed by atoms with Crippen molar-refractivity contribution in [2.24, 2.45) is 0 Å². The van der Waals surface area contributed by atoms with Crippen LogP contribution in [0.3, 0.4) is 0 Å². The number of anilines is 1. The number of thiazole rings is 1. The second-order valence-corrected chi connectivity index (χ2v) is 13.2. The predicted molar refractivity (Wildman–Crippen MR) is 149 cm³/mol. The van der Waals surface area contributed by atoms with Crippen LogP contribution in [0.5, 0.6) is 5.88 Å². The van der Waals surface area contributed by atoms with Gasteiger partial charge in [0.05, 0.1) is 59.3 Å². The van der Waals surface area contributed by atoms with E-state index in [4.69, 9.17) is 9.47 Å². The van der Waals surface area contributed by atoms with Crippen LogP contribution < -0.4 is 14.8 Å². The Labute approximate surface area is 236 Å². The van der Waals surface area contributed by atoms with Crippen LogP contribution in [-0.4, -0.2) is 82.4 Å². The topological polar surface area (TPSA) is 149 Å². The molecule has 14 heteroatoms. The molecular formula is C26H31N7O5S2. The van der Waals surface area contributed by atoms with E-state index in [0.717, 1.165) is 13.0 Å². The van der Waals surface area contributed by atoms with Gasteiger partial charge in [-0.3, -0.25) is 24.4 Å². The van der Waals surface area contributed by atoms with Crippen LogP contribution in [0, 0.1) is 0 Å². The summed E-state index contributed by atoms with van der Waals surface area (Å²) >= 11 is 1.21. The summed E-state index contributed by atoms with van der Waals surface area (Å²) in [4.78, 5) is 34.1. The lowest BCUT2D eigenvalue weighted by Crippen LogP contribution is -2.49. The summed E-state index contributed by atoms with van der Waals surface area (Å²) in [6, 6.07) is 2.94. The van der Waals surface area contributed by atoms with Gasteiger partial charge in [-0.05, 0) is 45.2 Å². The number of ether oxygens (including phenoxy) is 2. The van der Waals surface area contributed by atoms with Gasteiger partial charge in [0, 0.05) is 31.0 Å². The molecule has 12 nitrogen and oxygen atoms in total. The van der Waals surface area contributed by atoms with E-state index >= 15 is 0 Å². The Kier molecular flexibility index (Phi) is 7.42. The average molecular weight is 586 g/mol. The molecule has 2 bridgehead atoms. The fourth-order valence-electron chi connectivity index (χ4n) is 5.25. The van der Waals surface area contributed by atoms with Gasteiger partial charge >= 0.3 is 0 Å². The molecule has 3 aromatic rings. The number of rotatable bonds is 11. The first-order chi connectivity index (χ1) is 19.3. The van der Waals surface area contributed by atoms with Gasteiger partial charge in [-0.1, -0.05) is 0 Å². The van der Waals surface area contributed by atoms with E-state index < -0.39 is 16.1 Å². The molecule has 0 radical (unpaired) electrons. The number of carbonyl (C=O) groups is 1. The third-order valence-corrected chi connectivity index (χ3v) is 10.3. The minimum Gasteiger partial charge on any atom is -0.477 e. The minimum atomic E-state index is -3.44. The van der Waals surface area contributed by atoms with Crippen LogP contribution >= 0.6 is 11.3 Å². The molecule has 3 aliphatic rings. The molecule has 2 aliphatic heterocycles. The Morgan fingerprint density at radius 3 is 2.85 bits per heavy atom. The molecule has 0 aromatic carbocycles. The number of hydrogen-bond acceptors (Lipinski definition) is 11. The number of nitrogens with zero attached hydrogens (tertiary/aromatic N) is 5. The number of sulfonamides is 1. The normalized spacial score (nSPS) is 22.1. The van der Waals surface area contributed by atoms with Crippen LogP contribution in [0.15, 0.2) is 36.9 Å². The van der Waals surface area contributed by atoms with Crippen molar-refractivity contribution in [1.29, 1.82) is 0 Å². The molecule has 4 atom stereocenters. The zero-order valence-corrected chi connectivity index (χ0v) is 23.8. The maximum absolute atomic E-state index is 13.5. The molecule has 1 saturated carbocycles. The number of fused-ring (bicyclic) bond motifs is 2. The number of morpholine rings is 1. The number of hydrogen-bond donors (Lipinski definition) is 2. The van der Waals surface area contributed by atoms with Crippen LogP contribution in [0.1, 0.15) is 54.6 Å². The van der Waals surface area contributed by atoms with E-state index in [2.05, 4.69) is 41.8 Å². The highest BCUT2D eigenvalue weighted by atomic mass is 32.2. The van der Waals surface area contributed by atoms with Crippen molar-refractivity contribution in [3.63, 3.8) is 0 Å². The molecule has 0 spiro atoms. The van der Waals surface area contributed by atoms with E-state index in [1.807, 2.05) is 6.92 Å². The zero-order chi connectivity index (χ0) is 27.9. The van der Waals surface area contributed by atoms with Gasteiger partial charge < -0.3 is 14.8 Å². The second kappa shape index (κ2) is 11.0. The first kappa shape index (κ1) is 27.0. The maximum Gasteiger partial charge on any atom is 0.280 e. The summed E-state index contributed by atoms with van der Waals surface area (Å²) in [6.45, 7) is 5.81. The molecule has 0 unspecified atom stereocenters. The summed E-state index contributed by atoms with van der Waals surface area (Å²) in [5.74, 6) is 0.0499. The molecule has 1 amide bonds. The van der Waals surface area contributed by atoms with E-state index in [-0.39, 0.29) is 34.4 Å². The zero-order valence-electron chi connectivity index (χ0n) is 22.2. The standard InChI is InChI=1S/C26H31N7O5S2/c1-3-37-23-12-27-10-21(30-23)22-11-29-26(39-22)25(34)31-24(15(2)33-13-18-9-17(33)14-38-18)20-8-16(6-7-28-20)32-40(35,36)19-4-5-19/h6-8,10-12,15,17-19,24H,3-5,9,13-14H2,1-2H3,(H,28,32)(H,31,34)/t15-,17-,18-,24+/m1/s1. The predicted octanol–water partition coefficient (Wildman–Crippen LogP) is 2.63. The molecule has 3 fully saturated rings. The Balaban J connectivity index is 1.25. The van der Waals surface area contributed by atoms with Crippen molar-refractivity contribution in [1.82, 2.24) is 30.2 Å². The number of nitrogens with one attached hydrogen (secondary N) is 2. The van der Waals surface area contributed by atoms with Crippen molar-refractivity contribution in [3.8, 4) is 16.5 Å². The number of likely N-dealkylation sites (tertiary alicyclic amines) is 1. The Hall–Kier alpha value is -3.20. The molecule has 5 heterocycles. The summed E-state index contributed by atoms with van der Waals surface area (Å²) in [6.07, 6.45) is 8.78. The van der Waals surface area contributed by atoms with Crippen molar-refractivity contribution < 1.29 is 22.7 Å². The van der Waals surface area contributed by atoms with Crippen molar-refractivity contribution in [2.75, 3.05) is 24.5 Å². The Bertz CT molecular complexity index is 1500. The van der Waals surface area contributed by atoms with E-state index in [9.17, 15) is 13.2 Å². The Morgan fingerprint density at radius 1 is 1.27 bits per heavy atom. The summed E-state index contributed by atoms with van der Waals surface area (Å²) < 4.78 is 39.0. The van der Waals surface area contributed by atoms with E-state index in [1.165, 1.54) is 17.5 Å². The molecule has 2 saturated heterocycles. The van der Waals surface area contributed by atoms with Crippen LogP contribution in [0.2, 0.25) is 0 Å². The molecule has 212 valence electrons. The SMILES string of the molecule is CCOc1cncc(-c2cnc(C(=O)N[C@H](c3cc(NS(=O)(=O)C4CC4)ccn3)[C@@H](C)N3C[C@H]4C[C@@H]3CO4)s2)n1. The summed E-state index contributed by atoms with van der Waals surface area (Å²) in [5, 5.41) is 3.05. The first-order valence-electron chi connectivity index (χ1n) is 13.4. The lowest BCUT2D eigenvalue weighted by molar-refractivity contribution is 0.00696. The van der Waals surface area contributed by atoms with Crippen molar-refractivity contribution >= 4 is 33.0 Å². The smallest absolute Gasteiger partial charge is 0.280 e. The molecule has 1 aliphatic carbocycles. The largest absolute Gasteiger partial charge is 0.477 e. The first-order valence-corrected chi connectivity index (χ1v) is 15.7. The number of aromatic nitrogens is 4. The van der Waals surface area contributed by atoms with Gasteiger partial charge in [-0.15, -0.1) is 11.3 Å². The number of amides is 1.